The number of hydrogen-bond donors (Lipinski definition) is 2. The van der Waals surface area contributed by atoms with Crippen molar-refractivity contribution in [3.8, 4) is 0 Å². The highest BCUT2D eigenvalue weighted by Gasteiger charge is 2.36. The zero-order chi connectivity index (χ0) is 20.3. The fourth-order valence-corrected chi connectivity index (χ4v) is 2.52. The van der Waals surface area contributed by atoms with Crippen LogP contribution in [0.4, 0.5) is 5.69 Å². The molecule has 2 aromatic carbocycles. The molecule has 28 heavy (non-hydrogen) atoms. The van der Waals surface area contributed by atoms with Gasteiger partial charge in [0.1, 0.15) is 0 Å². The van der Waals surface area contributed by atoms with Crippen LogP contribution in [0, 0.1) is 0 Å². The van der Waals surface area contributed by atoms with E-state index in [-0.39, 0.29) is 22.4 Å². The van der Waals surface area contributed by atoms with E-state index in [2.05, 4.69) is 10.7 Å². The topological polar surface area (TPSA) is 136 Å². The number of carboxylic acid groups (broad SMARTS) is 1. The number of anilines is 1. The Labute approximate surface area is 158 Å². The van der Waals surface area contributed by atoms with Crippen molar-refractivity contribution in [2.75, 3.05) is 5.32 Å². The third kappa shape index (κ3) is 3.78. The molecule has 9 heteroatoms. The minimum absolute atomic E-state index is 0.0678. The number of imide groups is 1. The van der Waals surface area contributed by atoms with Crippen molar-refractivity contribution in [3.05, 3.63) is 77.4 Å². The molecule has 140 valence electrons. The van der Waals surface area contributed by atoms with Gasteiger partial charge in [0.2, 0.25) is 5.91 Å². The normalized spacial score (nSPS) is 12.8. The van der Waals surface area contributed by atoms with Gasteiger partial charge < -0.3 is 15.2 Å². The number of aliphatic carboxylic acids is 1. The first-order valence-electron chi connectivity index (χ1n) is 7.95. The van der Waals surface area contributed by atoms with Crippen LogP contribution in [0.25, 0.3) is 0 Å². The van der Waals surface area contributed by atoms with Crippen molar-refractivity contribution < 1.29 is 29.1 Å². The predicted octanol–water partition coefficient (Wildman–Crippen LogP) is -0.128. The van der Waals surface area contributed by atoms with E-state index in [1.165, 1.54) is 36.4 Å². The van der Waals surface area contributed by atoms with Gasteiger partial charge >= 0.3 is 0 Å². The van der Waals surface area contributed by atoms with Gasteiger partial charge in [-0.05, 0) is 36.4 Å². The lowest BCUT2D eigenvalue weighted by Gasteiger charge is -2.15. The predicted molar refractivity (Wildman–Crippen MR) is 93.6 cm³/mol. The molecule has 1 heterocycles. The SMILES string of the molecule is O=C([O-])C=CC(=O)Nc1cccc(C(=O)NN2C(=O)c3ccccc3C2=O)c1. The van der Waals surface area contributed by atoms with Crippen LogP contribution >= 0.6 is 0 Å². The second-order valence-electron chi connectivity index (χ2n) is 5.65. The number of fused-ring (bicyclic) bond motifs is 1. The molecule has 0 fully saturated rings. The van der Waals surface area contributed by atoms with Crippen LogP contribution in [-0.2, 0) is 9.59 Å². The largest absolute Gasteiger partial charge is 0.545 e. The lowest BCUT2D eigenvalue weighted by molar-refractivity contribution is -0.297. The number of hydrazine groups is 1. The monoisotopic (exact) mass is 378 g/mol. The van der Waals surface area contributed by atoms with Crippen molar-refractivity contribution in [1.29, 1.82) is 0 Å². The second-order valence-corrected chi connectivity index (χ2v) is 5.65. The van der Waals surface area contributed by atoms with Gasteiger partial charge in [-0.1, -0.05) is 18.2 Å². The van der Waals surface area contributed by atoms with Gasteiger partial charge in [-0.2, -0.15) is 5.01 Å². The molecule has 0 aliphatic carbocycles. The summed E-state index contributed by atoms with van der Waals surface area (Å²) < 4.78 is 0. The van der Waals surface area contributed by atoms with Crippen LogP contribution in [0.2, 0.25) is 0 Å². The van der Waals surface area contributed by atoms with Crippen molar-refractivity contribution in [1.82, 2.24) is 10.4 Å². The molecule has 0 atom stereocenters. The Bertz CT molecular complexity index is 1010. The number of benzene rings is 2. The zero-order valence-corrected chi connectivity index (χ0v) is 14.2. The van der Waals surface area contributed by atoms with Crippen LogP contribution in [0.5, 0.6) is 0 Å². The Kier molecular flexibility index (Phi) is 4.99. The summed E-state index contributed by atoms with van der Waals surface area (Å²) in [5.41, 5.74) is 2.90. The summed E-state index contributed by atoms with van der Waals surface area (Å²) in [4.78, 5) is 58.9. The standard InChI is InChI=1S/C19H13N3O6/c23-15(8-9-16(24)25)20-12-5-3-4-11(10-12)17(26)21-22-18(27)13-6-1-2-7-14(13)19(22)28/h1-10H,(H,20,23)(H,21,26)(H,24,25)/p-1. The summed E-state index contributed by atoms with van der Waals surface area (Å²) in [7, 11) is 0. The number of nitrogens with one attached hydrogen (secondary N) is 2. The van der Waals surface area contributed by atoms with E-state index in [0.717, 1.165) is 6.08 Å². The number of amides is 4. The molecule has 9 nitrogen and oxygen atoms in total. The van der Waals surface area contributed by atoms with Crippen molar-refractivity contribution in [2.45, 2.75) is 0 Å². The first kappa shape index (κ1) is 18.5. The highest BCUT2D eigenvalue weighted by Crippen LogP contribution is 2.21. The molecule has 2 N–H and O–H groups in total. The Morgan fingerprint density at radius 3 is 2.14 bits per heavy atom. The number of rotatable bonds is 5. The molecule has 0 radical (unpaired) electrons. The number of carbonyl (C=O) groups is 5. The minimum atomic E-state index is -1.52. The fourth-order valence-electron chi connectivity index (χ4n) is 2.52. The molecular weight excluding hydrogens is 366 g/mol. The molecule has 0 aromatic heterocycles. The molecule has 1 aliphatic rings. The summed E-state index contributed by atoms with van der Waals surface area (Å²) in [6, 6.07) is 11.8. The Balaban J connectivity index is 1.72. The van der Waals surface area contributed by atoms with Crippen LogP contribution in [0.15, 0.2) is 60.7 Å². The molecule has 0 bridgehead atoms. The van der Waals surface area contributed by atoms with E-state index < -0.39 is 29.6 Å². The highest BCUT2D eigenvalue weighted by molar-refractivity contribution is 6.22. The molecule has 1 aliphatic heterocycles. The summed E-state index contributed by atoms with van der Waals surface area (Å²) in [6.45, 7) is 0. The lowest BCUT2D eigenvalue weighted by atomic mass is 10.1. The molecule has 0 unspecified atom stereocenters. The van der Waals surface area contributed by atoms with Gasteiger partial charge in [0.05, 0.1) is 17.1 Å². The maximum atomic E-state index is 12.4. The molecule has 0 saturated carbocycles. The molecule has 4 amide bonds. The van der Waals surface area contributed by atoms with E-state index in [0.29, 0.717) is 11.1 Å². The van der Waals surface area contributed by atoms with Gasteiger partial charge in [-0.15, -0.1) is 0 Å². The van der Waals surface area contributed by atoms with Gasteiger partial charge in [-0.3, -0.25) is 24.6 Å². The Hall–Kier alpha value is -4.27. The molecular formula is C19H12N3O6-. The van der Waals surface area contributed by atoms with E-state index in [4.69, 9.17) is 0 Å². The third-order valence-corrected chi connectivity index (χ3v) is 3.77. The molecule has 0 saturated heterocycles. The first-order valence-corrected chi connectivity index (χ1v) is 7.95. The van der Waals surface area contributed by atoms with Crippen LogP contribution in [0.3, 0.4) is 0 Å². The highest BCUT2D eigenvalue weighted by atomic mass is 16.4. The quantitative estimate of drug-likeness (QED) is 0.550. The van der Waals surface area contributed by atoms with Gasteiger partial charge in [0.25, 0.3) is 17.7 Å². The average Bonchev–Trinajstić information content (AvgIpc) is 2.92. The van der Waals surface area contributed by atoms with Gasteiger partial charge in [0, 0.05) is 17.3 Å². The molecule has 0 spiro atoms. The van der Waals surface area contributed by atoms with E-state index >= 15 is 0 Å². The average molecular weight is 378 g/mol. The summed E-state index contributed by atoms with van der Waals surface area (Å²) in [5, 5.41) is 13.3. The smallest absolute Gasteiger partial charge is 0.280 e. The Morgan fingerprint density at radius 2 is 1.54 bits per heavy atom. The van der Waals surface area contributed by atoms with Gasteiger partial charge in [-0.25, -0.2) is 0 Å². The van der Waals surface area contributed by atoms with Crippen molar-refractivity contribution >= 4 is 35.3 Å². The first-order chi connectivity index (χ1) is 13.4. The Morgan fingerprint density at radius 1 is 0.893 bits per heavy atom. The molecule has 3 rings (SSSR count). The minimum Gasteiger partial charge on any atom is -0.545 e. The third-order valence-electron chi connectivity index (χ3n) is 3.77. The van der Waals surface area contributed by atoms with E-state index in [1.807, 2.05) is 0 Å². The number of carboxylic acids is 1. The number of hydrogen-bond acceptors (Lipinski definition) is 6. The van der Waals surface area contributed by atoms with Crippen molar-refractivity contribution in [3.63, 3.8) is 0 Å². The van der Waals surface area contributed by atoms with E-state index in [9.17, 15) is 29.1 Å². The summed E-state index contributed by atoms with van der Waals surface area (Å²) in [6.07, 6.45) is 1.33. The maximum Gasteiger partial charge on any atom is 0.280 e. The summed E-state index contributed by atoms with van der Waals surface area (Å²) >= 11 is 0. The van der Waals surface area contributed by atoms with Crippen LogP contribution in [0.1, 0.15) is 31.1 Å². The maximum absolute atomic E-state index is 12.4. The van der Waals surface area contributed by atoms with Gasteiger partial charge in [0.15, 0.2) is 0 Å². The van der Waals surface area contributed by atoms with E-state index in [1.54, 1.807) is 12.1 Å². The molecule has 2 aromatic rings. The number of nitrogens with zero attached hydrogens (tertiary/aromatic N) is 1. The lowest BCUT2D eigenvalue weighted by Crippen LogP contribution is -2.45. The summed E-state index contributed by atoms with van der Waals surface area (Å²) in [5.74, 6) is -4.29. The fraction of sp³-hybridized carbons (Fsp3) is 0. The van der Waals surface area contributed by atoms with Crippen LogP contribution < -0.4 is 15.8 Å². The van der Waals surface area contributed by atoms with Crippen LogP contribution in [-0.4, -0.2) is 34.6 Å². The van der Waals surface area contributed by atoms with Crippen molar-refractivity contribution in [2.24, 2.45) is 0 Å². The zero-order valence-electron chi connectivity index (χ0n) is 14.2. The number of carbonyl (C=O) groups excluding carboxylic acids is 5. The second kappa shape index (κ2) is 7.54.